The van der Waals surface area contributed by atoms with Gasteiger partial charge in [0.05, 0.1) is 6.54 Å². The van der Waals surface area contributed by atoms with E-state index in [4.69, 9.17) is 9.47 Å². The SMILES string of the molecule is CC(C)(C)OC(=O)NCCCN1C=NNN1c1nnnn1CCNC(=O)OC(C)(C)C. The third kappa shape index (κ3) is 8.52. The molecule has 1 aromatic heterocycles. The third-order valence-electron chi connectivity index (χ3n) is 3.53. The number of hydrogen-bond acceptors (Lipinski definition) is 11. The minimum atomic E-state index is -0.570. The van der Waals surface area contributed by atoms with E-state index in [0.717, 1.165) is 0 Å². The Morgan fingerprint density at radius 2 is 1.61 bits per heavy atom. The molecule has 2 heterocycles. The van der Waals surface area contributed by atoms with E-state index in [1.807, 2.05) is 20.8 Å². The van der Waals surface area contributed by atoms with Gasteiger partial charge >= 0.3 is 12.2 Å². The predicted molar refractivity (Wildman–Crippen MR) is 112 cm³/mol. The predicted octanol–water partition coefficient (Wildman–Crippen LogP) is 0.598. The van der Waals surface area contributed by atoms with Crippen LogP contribution < -0.4 is 21.3 Å². The number of amides is 2. The number of ether oxygens (including phenoxy) is 2. The smallest absolute Gasteiger partial charge is 0.407 e. The number of hydrazine groups is 2. The first-order chi connectivity index (χ1) is 14.4. The Balaban J connectivity index is 1.79. The molecule has 0 spiro atoms. The van der Waals surface area contributed by atoms with Crippen LogP contribution in [0.15, 0.2) is 5.10 Å². The highest BCUT2D eigenvalue weighted by molar-refractivity contribution is 5.68. The van der Waals surface area contributed by atoms with Crippen LogP contribution in [0.4, 0.5) is 15.5 Å². The number of alkyl carbamates (subject to hydrolysis) is 2. The first-order valence-electron chi connectivity index (χ1n) is 10.00. The van der Waals surface area contributed by atoms with Gasteiger partial charge in [0, 0.05) is 19.6 Å². The second-order valence-corrected chi connectivity index (χ2v) is 8.73. The van der Waals surface area contributed by atoms with Gasteiger partial charge in [-0.3, -0.25) is 0 Å². The van der Waals surface area contributed by atoms with Gasteiger partial charge in [-0.1, -0.05) is 5.10 Å². The number of tetrazole rings is 1. The molecule has 3 N–H and O–H groups in total. The Morgan fingerprint density at radius 1 is 1.00 bits per heavy atom. The van der Waals surface area contributed by atoms with Gasteiger partial charge in [0.15, 0.2) is 0 Å². The minimum Gasteiger partial charge on any atom is -0.444 e. The second kappa shape index (κ2) is 10.1. The molecule has 1 aromatic rings. The standard InChI is InChI=1S/C17H32N10O4/c1-16(2,3)30-14(28)18-8-7-10-25-12-20-23-27(25)13-21-22-24-26(13)11-9-19-15(29)31-17(4,5)6/h12,23H,7-11H2,1-6H3,(H,18,28)(H,19,29). The number of anilines is 1. The molecule has 0 aromatic carbocycles. The summed E-state index contributed by atoms with van der Waals surface area (Å²) < 4.78 is 11.9. The van der Waals surface area contributed by atoms with Gasteiger partial charge in [0.2, 0.25) is 0 Å². The van der Waals surface area contributed by atoms with Crippen molar-refractivity contribution in [2.45, 2.75) is 65.7 Å². The number of hydrogen-bond donors (Lipinski definition) is 3. The first kappa shape index (κ1) is 24.0. The molecule has 1 aliphatic heterocycles. The molecule has 0 bridgehead atoms. The molecular formula is C17H32N10O4. The number of rotatable bonds is 8. The molecule has 0 fully saturated rings. The van der Waals surface area contributed by atoms with E-state index in [-0.39, 0.29) is 6.54 Å². The lowest BCUT2D eigenvalue weighted by Crippen LogP contribution is -2.46. The summed E-state index contributed by atoms with van der Waals surface area (Å²) in [6.07, 6.45) is 1.25. The number of carbonyl (C=O) groups is 2. The normalized spacial score (nSPS) is 13.7. The van der Waals surface area contributed by atoms with E-state index in [1.54, 1.807) is 37.2 Å². The highest BCUT2D eigenvalue weighted by Crippen LogP contribution is 2.12. The van der Waals surface area contributed by atoms with Crippen LogP contribution in [-0.2, 0) is 16.0 Å². The number of nitrogens with one attached hydrogen (secondary N) is 3. The van der Waals surface area contributed by atoms with E-state index < -0.39 is 23.4 Å². The van der Waals surface area contributed by atoms with Gasteiger partial charge in [-0.2, -0.15) is 5.53 Å². The summed E-state index contributed by atoms with van der Waals surface area (Å²) in [6, 6.07) is 0. The Hall–Kier alpha value is -3.32. The van der Waals surface area contributed by atoms with Crippen LogP contribution in [0, 0.1) is 0 Å². The average Bonchev–Trinajstić information content (AvgIpc) is 3.24. The molecule has 14 heteroatoms. The molecule has 0 saturated heterocycles. The van der Waals surface area contributed by atoms with Gasteiger partial charge in [-0.15, -0.1) is 10.2 Å². The fourth-order valence-electron chi connectivity index (χ4n) is 2.39. The summed E-state index contributed by atoms with van der Waals surface area (Å²) in [5, 5.41) is 24.4. The average molecular weight is 441 g/mol. The minimum absolute atomic E-state index is 0.279. The Labute approximate surface area is 181 Å². The lowest BCUT2D eigenvalue weighted by Gasteiger charge is -2.26. The number of carbonyl (C=O) groups excluding carboxylic acids is 2. The van der Waals surface area contributed by atoms with Gasteiger partial charge in [-0.25, -0.2) is 19.3 Å². The molecule has 0 atom stereocenters. The third-order valence-corrected chi connectivity index (χ3v) is 3.53. The van der Waals surface area contributed by atoms with Crippen molar-refractivity contribution in [2.24, 2.45) is 5.10 Å². The number of nitrogens with zero attached hydrogens (tertiary/aromatic N) is 7. The van der Waals surface area contributed by atoms with Crippen molar-refractivity contribution in [1.29, 1.82) is 0 Å². The molecule has 31 heavy (non-hydrogen) atoms. The molecule has 0 aliphatic carbocycles. The van der Waals surface area contributed by atoms with Gasteiger partial charge in [-0.05, 0) is 58.4 Å². The highest BCUT2D eigenvalue weighted by Gasteiger charge is 2.24. The van der Waals surface area contributed by atoms with Crippen molar-refractivity contribution >= 4 is 24.5 Å². The molecule has 2 amide bonds. The van der Waals surface area contributed by atoms with Crippen molar-refractivity contribution in [1.82, 2.24) is 41.4 Å². The maximum Gasteiger partial charge on any atom is 0.407 e. The first-order valence-corrected chi connectivity index (χ1v) is 10.00. The van der Waals surface area contributed by atoms with Crippen molar-refractivity contribution in [3.8, 4) is 0 Å². The second-order valence-electron chi connectivity index (χ2n) is 8.73. The highest BCUT2D eigenvalue weighted by atomic mass is 16.6. The molecule has 0 radical (unpaired) electrons. The molecule has 0 unspecified atom stereocenters. The van der Waals surface area contributed by atoms with Crippen molar-refractivity contribution in [2.75, 3.05) is 24.8 Å². The molecule has 2 rings (SSSR count). The lowest BCUT2D eigenvalue weighted by atomic mass is 10.2. The summed E-state index contributed by atoms with van der Waals surface area (Å²) in [7, 11) is 0. The molecule has 1 aliphatic rings. The van der Waals surface area contributed by atoms with E-state index in [1.165, 1.54) is 4.68 Å². The molecular weight excluding hydrogens is 408 g/mol. The summed E-state index contributed by atoms with van der Waals surface area (Å²) in [5.41, 5.74) is 1.69. The van der Waals surface area contributed by atoms with E-state index in [9.17, 15) is 9.59 Å². The van der Waals surface area contributed by atoms with Crippen LogP contribution in [0.2, 0.25) is 0 Å². The fourth-order valence-corrected chi connectivity index (χ4v) is 2.39. The van der Waals surface area contributed by atoms with Crippen molar-refractivity contribution in [3.63, 3.8) is 0 Å². The Kier molecular flexibility index (Phi) is 7.83. The summed E-state index contributed by atoms with van der Waals surface area (Å²) >= 11 is 0. The fraction of sp³-hybridized carbons (Fsp3) is 0.765. The van der Waals surface area contributed by atoms with Crippen molar-refractivity contribution in [3.05, 3.63) is 0 Å². The largest absolute Gasteiger partial charge is 0.444 e. The summed E-state index contributed by atoms with van der Waals surface area (Å²) in [4.78, 5) is 23.5. The zero-order valence-electron chi connectivity index (χ0n) is 18.9. The summed E-state index contributed by atoms with van der Waals surface area (Å²) in [5.74, 6) is 0.392. The quantitative estimate of drug-likeness (QED) is 0.490. The van der Waals surface area contributed by atoms with E-state index in [0.29, 0.717) is 32.0 Å². The number of aromatic nitrogens is 4. The maximum atomic E-state index is 11.8. The molecule has 174 valence electrons. The zero-order valence-corrected chi connectivity index (χ0v) is 18.9. The summed E-state index contributed by atoms with van der Waals surface area (Å²) in [6.45, 7) is 12.4. The van der Waals surface area contributed by atoms with Crippen LogP contribution in [0.1, 0.15) is 48.0 Å². The topological polar surface area (TPSA) is 151 Å². The Morgan fingerprint density at radius 3 is 2.23 bits per heavy atom. The van der Waals surface area contributed by atoms with Gasteiger partial charge < -0.3 is 20.1 Å². The maximum absolute atomic E-state index is 11.8. The zero-order chi connectivity index (χ0) is 23.1. The molecule has 14 nitrogen and oxygen atoms in total. The monoisotopic (exact) mass is 440 g/mol. The molecule has 0 saturated carbocycles. The van der Waals surface area contributed by atoms with Crippen LogP contribution in [0.5, 0.6) is 0 Å². The van der Waals surface area contributed by atoms with Crippen LogP contribution >= 0.6 is 0 Å². The van der Waals surface area contributed by atoms with Gasteiger partial charge in [0.1, 0.15) is 17.5 Å². The van der Waals surface area contributed by atoms with Gasteiger partial charge in [0.25, 0.3) is 5.95 Å². The van der Waals surface area contributed by atoms with Crippen molar-refractivity contribution < 1.29 is 19.1 Å². The lowest BCUT2D eigenvalue weighted by molar-refractivity contribution is 0.0514. The number of hydrazone groups is 1. The Bertz CT molecular complexity index is 768. The van der Waals surface area contributed by atoms with Crippen LogP contribution in [0.25, 0.3) is 0 Å². The van der Waals surface area contributed by atoms with E-state index in [2.05, 4.69) is 36.8 Å². The van der Waals surface area contributed by atoms with Crippen LogP contribution in [-0.4, -0.2) is 74.6 Å². The van der Waals surface area contributed by atoms with Crippen LogP contribution in [0.3, 0.4) is 0 Å². The van der Waals surface area contributed by atoms with E-state index >= 15 is 0 Å².